The predicted octanol–water partition coefficient (Wildman–Crippen LogP) is 6.55. The van der Waals surface area contributed by atoms with E-state index >= 15 is 0 Å². The lowest BCUT2D eigenvalue weighted by Crippen LogP contribution is -2.36. The maximum Gasteiger partial charge on any atom is 0.461 e. The molecule has 13 heteroatoms. The summed E-state index contributed by atoms with van der Waals surface area (Å²) in [5.41, 5.74) is 2.46. The van der Waals surface area contributed by atoms with Gasteiger partial charge in [0.1, 0.15) is 11.8 Å². The zero-order chi connectivity index (χ0) is 32.5. The number of likely N-dealkylation sites (N-methyl/N-ethyl adjacent to an activating group) is 1. The molecule has 3 heterocycles. The highest BCUT2D eigenvalue weighted by atomic mass is 19.3. The van der Waals surface area contributed by atoms with Crippen molar-refractivity contribution in [2.75, 3.05) is 24.3 Å². The number of benzene rings is 3. The molecule has 0 saturated carbocycles. The molecule has 0 spiro atoms. The number of hydrogen-bond acceptors (Lipinski definition) is 6. The van der Waals surface area contributed by atoms with Gasteiger partial charge < -0.3 is 24.7 Å². The number of anilines is 2. The zero-order valence-corrected chi connectivity index (χ0v) is 24.5. The number of carbonyl (C=O) groups is 2. The first-order valence-corrected chi connectivity index (χ1v) is 14.0. The Kier molecular flexibility index (Phi) is 8.71. The number of pyridine rings is 1. The van der Waals surface area contributed by atoms with Crippen molar-refractivity contribution in [3.05, 3.63) is 99.5 Å². The lowest BCUT2D eigenvalue weighted by molar-refractivity contribution is -0.253. The number of ether oxygens (including phenoxy) is 2. The van der Waals surface area contributed by atoms with E-state index in [4.69, 9.17) is 4.74 Å². The first-order valence-electron chi connectivity index (χ1n) is 14.0. The van der Waals surface area contributed by atoms with Gasteiger partial charge in [-0.2, -0.15) is 17.6 Å². The van der Waals surface area contributed by atoms with Crippen LogP contribution in [0.1, 0.15) is 41.1 Å². The van der Waals surface area contributed by atoms with E-state index in [-0.39, 0.29) is 35.9 Å². The SMILES string of the molecule is Cc1cc2ccc1[C@@H](C)COC(=O)Nc1ccc(OC(F)(F)C(F)F)c(c1)CN(C)C(=O)[C@@H]2Nc1ccc2cc[nH]c(=O)c2c1. The fourth-order valence-corrected chi connectivity index (χ4v) is 5.23. The highest BCUT2D eigenvalue weighted by Crippen LogP contribution is 2.34. The minimum Gasteiger partial charge on any atom is -0.449 e. The molecular weight excluding hydrogens is 596 g/mol. The Morgan fingerprint density at radius 2 is 1.82 bits per heavy atom. The number of amides is 2. The Bertz CT molecular complexity index is 1810. The van der Waals surface area contributed by atoms with Crippen LogP contribution in [0.2, 0.25) is 0 Å². The molecule has 4 aromatic rings. The molecule has 0 fully saturated rings. The van der Waals surface area contributed by atoms with Crippen molar-refractivity contribution >= 4 is 34.1 Å². The summed E-state index contributed by atoms with van der Waals surface area (Å²) in [5.74, 6) is -1.33. The van der Waals surface area contributed by atoms with Gasteiger partial charge in [0, 0.05) is 48.0 Å². The number of aromatic amines is 1. The molecular formula is C32H30F4N4O5. The molecule has 9 nitrogen and oxygen atoms in total. The quantitative estimate of drug-likeness (QED) is 0.217. The van der Waals surface area contributed by atoms with Crippen molar-refractivity contribution < 1.29 is 36.6 Å². The molecule has 236 valence electrons. The second kappa shape index (κ2) is 12.5. The standard InChI is InChI=1S/C32H30F4N4O5/c1-17-12-20-5-8-24(17)18(2)16-44-31(43)39-22-7-9-26(45-32(35,36)30(33)34)21(13-22)15-40(3)29(42)27(20)38-23-6-4-19-10-11-37-28(41)25(19)14-23/h4-14,18,27,30,38H,15-16H2,1-3H3,(H,37,41)(H,39,43)/t18-,27+/m0/s1. The zero-order valence-electron chi connectivity index (χ0n) is 24.5. The molecule has 2 aliphatic rings. The lowest BCUT2D eigenvalue weighted by atomic mass is 9.93. The molecule has 3 aromatic carbocycles. The fraction of sp³-hybridized carbons (Fsp3) is 0.281. The molecule has 2 atom stereocenters. The first kappa shape index (κ1) is 31.4. The number of hydrogen-bond donors (Lipinski definition) is 3. The monoisotopic (exact) mass is 626 g/mol. The van der Waals surface area contributed by atoms with Crippen molar-refractivity contribution in [3.63, 3.8) is 0 Å². The van der Waals surface area contributed by atoms with Gasteiger partial charge in [0.25, 0.3) is 5.56 Å². The Morgan fingerprint density at radius 1 is 1.04 bits per heavy atom. The van der Waals surface area contributed by atoms with Gasteiger partial charge in [-0.1, -0.05) is 31.2 Å². The van der Waals surface area contributed by atoms with E-state index in [0.29, 0.717) is 22.0 Å². The molecule has 1 aromatic heterocycles. The maximum atomic E-state index is 14.1. The van der Waals surface area contributed by atoms with Gasteiger partial charge in [0.2, 0.25) is 5.91 Å². The van der Waals surface area contributed by atoms with Gasteiger partial charge in [-0.15, -0.1) is 0 Å². The molecule has 3 N–H and O–H groups in total. The Balaban J connectivity index is 1.58. The number of fused-ring (bicyclic) bond motifs is 10. The van der Waals surface area contributed by atoms with Gasteiger partial charge in [0.05, 0.1) is 6.61 Å². The number of halogens is 4. The summed E-state index contributed by atoms with van der Waals surface area (Å²) in [4.78, 5) is 42.9. The summed E-state index contributed by atoms with van der Waals surface area (Å²) in [6, 6.07) is 14.6. The molecule has 6 rings (SSSR count). The molecule has 0 saturated heterocycles. The molecule has 45 heavy (non-hydrogen) atoms. The Labute approximate surface area is 255 Å². The maximum absolute atomic E-state index is 14.1. The van der Waals surface area contributed by atoms with Crippen molar-refractivity contribution in [2.24, 2.45) is 0 Å². The molecule has 0 aliphatic carbocycles. The largest absolute Gasteiger partial charge is 0.461 e. The van der Waals surface area contributed by atoms with E-state index in [1.165, 1.54) is 30.3 Å². The summed E-state index contributed by atoms with van der Waals surface area (Å²) < 4.78 is 63.7. The number of carbonyl (C=O) groups excluding carboxylic acids is 2. The summed E-state index contributed by atoms with van der Waals surface area (Å²) >= 11 is 0. The summed E-state index contributed by atoms with van der Waals surface area (Å²) in [7, 11) is 1.41. The summed E-state index contributed by atoms with van der Waals surface area (Å²) in [6.45, 7) is 3.38. The van der Waals surface area contributed by atoms with Crippen molar-refractivity contribution in [2.45, 2.75) is 44.9 Å². The number of H-pyrrole nitrogens is 1. The van der Waals surface area contributed by atoms with E-state index in [2.05, 4.69) is 20.4 Å². The van der Waals surface area contributed by atoms with Gasteiger partial charge >= 0.3 is 18.6 Å². The van der Waals surface area contributed by atoms with Crippen LogP contribution < -0.4 is 20.9 Å². The summed E-state index contributed by atoms with van der Waals surface area (Å²) in [6.07, 6.45) is -8.21. The molecule has 2 aliphatic heterocycles. The predicted molar refractivity (Wildman–Crippen MR) is 160 cm³/mol. The van der Waals surface area contributed by atoms with Crippen LogP contribution in [0.15, 0.2) is 71.7 Å². The minimum atomic E-state index is -4.81. The van der Waals surface area contributed by atoms with Crippen molar-refractivity contribution in [3.8, 4) is 5.75 Å². The third-order valence-electron chi connectivity index (χ3n) is 7.55. The number of nitrogens with one attached hydrogen (secondary N) is 3. The third-order valence-corrected chi connectivity index (χ3v) is 7.55. The van der Waals surface area contributed by atoms with E-state index in [1.807, 2.05) is 26.0 Å². The Morgan fingerprint density at radius 3 is 2.56 bits per heavy atom. The van der Waals surface area contributed by atoms with Gasteiger partial charge in [-0.05, 0) is 65.4 Å². The summed E-state index contributed by atoms with van der Waals surface area (Å²) in [5, 5.41) is 6.79. The second-order valence-electron chi connectivity index (χ2n) is 10.9. The van der Waals surface area contributed by atoms with E-state index < -0.39 is 36.3 Å². The lowest BCUT2D eigenvalue weighted by Gasteiger charge is -2.28. The second-order valence-corrected chi connectivity index (χ2v) is 10.9. The smallest absolute Gasteiger partial charge is 0.449 e. The minimum absolute atomic E-state index is 0.00959. The van der Waals surface area contributed by atoms with Crippen molar-refractivity contribution in [1.29, 1.82) is 0 Å². The van der Waals surface area contributed by atoms with Crippen molar-refractivity contribution in [1.82, 2.24) is 9.88 Å². The van der Waals surface area contributed by atoms with Crippen LogP contribution in [0, 0.1) is 6.92 Å². The van der Waals surface area contributed by atoms with Crippen LogP contribution in [0.4, 0.5) is 33.7 Å². The van der Waals surface area contributed by atoms with Crippen LogP contribution in [-0.4, -0.2) is 48.1 Å². The average Bonchev–Trinajstić information content (AvgIpc) is 2.99. The van der Waals surface area contributed by atoms with Crippen LogP contribution >= 0.6 is 0 Å². The molecule has 2 amide bonds. The normalized spacial score (nSPS) is 17.7. The molecule has 4 bridgehead atoms. The van der Waals surface area contributed by atoms with Crippen LogP contribution in [0.5, 0.6) is 5.75 Å². The highest BCUT2D eigenvalue weighted by molar-refractivity contribution is 5.89. The molecule has 0 unspecified atom stereocenters. The average molecular weight is 627 g/mol. The number of aryl methyl sites for hydroxylation is 1. The van der Waals surface area contributed by atoms with Crippen LogP contribution in [0.3, 0.4) is 0 Å². The number of aromatic nitrogens is 1. The number of rotatable bonds is 5. The van der Waals surface area contributed by atoms with E-state index in [0.717, 1.165) is 17.2 Å². The Hall–Kier alpha value is -5.07. The van der Waals surface area contributed by atoms with Gasteiger partial charge in [-0.25, -0.2) is 4.79 Å². The van der Waals surface area contributed by atoms with Crippen LogP contribution in [-0.2, 0) is 16.1 Å². The number of nitrogens with zero attached hydrogens (tertiary/aromatic N) is 1. The van der Waals surface area contributed by atoms with E-state index in [1.54, 1.807) is 30.3 Å². The number of alkyl halides is 4. The topological polar surface area (TPSA) is 113 Å². The third kappa shape index (κ3) is 6.87. The van der Waals surface area contributed by atoms with Gasteiger partial charge in [0.15, 0.2) is 0 Å². The highest BCUT2D eigenvalue weighted by Gasteiger charge is 2.44. The van der Waals surface area contributed by atoms with Gasteiger partial charge in [-0.3, -0.25) is 14.9 Å². The van der Waals surface area contributed by atoms with E-state index in [9.17, 15) is 31.9 Å². The first-order chi connectivity index (χ1) is 21.3. The fourth-order valence-electron chi connectivity index (χ4n) is 5.23. The molecule has 0 radical (unpaired) electrons. The van der Waals surface area contributed by atoms with Crippen LogP contribution in [0.25, 0.3) is 10.8 Å².